The van der Waals surface area contributed by atoms with E-state index < -0.39 is 86.1 Å². The van der Waals surface area contributed by atoms with Crippen molar-refractivity contribution in [2.24, 2.45) is 35.5 Å². The highest BCUT2D eigenvalue weighted by atomic mass is 28.4. The molecule has 15 atom stereocenters. The van der Waals surface area contributed by atoms with Crippen molar-refractivity contribution in [3.63, 3.8) is 0 Å². The maximum atomic E-state index is 14.6. The zero-order valence-electron chi connectivity index (χ0n) is 46.6. The molecule has 0 aromatic carbocycles. The molecule has 4 rings (SSSR count). The Bertz CT molecular complexity index is 1970. The van der Waals surface area contributed by atoms with Crippen LogP contribution < -0.4 is 0 Å². The van der Waals surface area contributed by atoms with Crippen LogP contribution in [0.3, 0.4) is 0 Å². The fourth-order valence-electron chi connectivity index (χ4n) is 10.8. The Morgan fingerprint density at radius 2 is 1.54 bits per heavy atom. The van der Waals surface area contributed by atoms with Gasteiger partial charge in [-0.1, -0.05) is 91.8 Å². The molecule has 3 aliphatic heterocycles. The zero-order chi connectivity index (χ0) is 53.9. The standard InChI is InChI=1S/C57H93NO13Si/c1-35-21-17-16-18-22-36(2)47(66-11)33-43-26-24-41(7)57(65,70-43)53(62)54(63)58-28-20-19-23-44(58)55(64)69-48(34-45(59)37(3)30-40(6)51(61)52(68-13)50(60)39(5)29-35)38(4)31-42-25-27-46(49(32-42)67-12)71-72(14,15)56(8,9)10/h16-18,21-22,30,35,37-39,41-44,46-49,51-52,61,65H,19-20,23-29,31-34H2,1-15H3/b18-16?,21-17+,36-22?,40-30+/t35-,37-,38-,39-,41-,42+,43?,44?,46-,47+,48+,49-,51-,52+,57-/m1/s1. The van der Waals surface area contributed by atoms with E-state index in [9.17, 15) is 34.2 Å². The number of amides is 1. The van der Waals surface area contributed by atoms with Crippen LogP contribution in [0.15, 0.2) is 47.6 Å². The molecule has 1 saturated carbocycles. The first-order valence-electron chi connectivity index (χ1n) is 26.9. The van der Waals surface area contributed by atoms with E-state index in [2.05, 4.69) is 33.9 Å². The number of Topliss-reactive ketones (excluding diaryl/α,β-unsaturated/α-hetero) is 3. The van der Waals surface area contributed by atoms with Crippen molar-refractivity contribution in [1.29, 1.82) is 0 Å². The number of ether oxygens (including phenoxy) is 5. The number of allylic oxidation sites excluding steroid dienone is 6. The Morgan fingerprint density at radius 3 is 2.18 bits per heavy atom. The van der Waals surface area contributed by atoms with Gasteiger partial charge in [0.2, 0.25) is 5.79 Å². The van der Waals surface area contributed by atoms with E-state index in [0.29, 0.717) is 50.5 Å². The molecule has 4 aliphatic rings. The van der Waals surface area contributed by atoms with Crippen LogP contribution in [0.2, 0.25) is 18.1 Å². The van der Waals surface area contributed by atoms with E-state index in [0.717, 1.165) is 24.8 Å². The Balaban J connectivity index is 1.70. The van der Waals surface area contributed by atoms with Crippen molar-refractivity contribution in [2.45, 2.75) is 219 Å². The molecule has 0 spiro atoms. The van der Waals surface area contributed by atoms with Crippen LogP contribution in [0.1, 0.15) is 146 Å². The van der Waals surface area contributed by atoms with E-state index in [1.807, 2.05) is 58.1 Å². The van der Waals surface area contributed by atoms with Crippen molar-refractivity contribution in [1.82, 2.24) is 4.90 Å². The molecule has 2 saturated heterocycles. The quantitative estimate of drug-likeness (QED) is 0.102. The van der Waals surface area contributed by atoms with Crippen molar-refractivity contribution in [3.8, 4) is 0 Å². The molecule has 1 aliphatic carbocycles. The SMILES string of the molecule is CO[C@H]1CC2CC[C@@H](C)[C@@](O)(O2)C(=O)C(=O)N2CCCCC2C(=O)O[C@H]([C@H](C)C[C@@H]2CC[C@@H](O[Si](C)(C)C(C)(C)C)[C@H](OC)C2)CC(=O)[C@H](C)/C=C(\C)[C@@H](O)[C@@H](OC)C(=O)[C@H](C)C[C@H](C)/C=C/C=CC=C1C. The van der Waals surface area contributed by atoms with Crippen LogP contribution in [0.25, 0.3) is 0 Å². The highest BCUT2D eigenvalue weighted by Crippen LogP contribution is 2.42. The average Bonchev–Trinajstić information content (AvgIpc) is 3.32. The van der Waals surface area contributed by atoms with Gasteiger partial charge < -0.3 is 43.2 Å². The van der Waals surface area contributed by atoms with Crippen LogP contribution in [0.5, 0.6) is 0 Å². The number of fused-ring (bicyclic) bond motifs is 3. The van der Waals surface area contributed by atoms with E-state index in [1.54, 1.807) is 41.1 Å². The lowest BCUT2D eigenvalue weighted by molar-refractivity contribution is -0.265. The summed E-state index contributed by atoms with van der Waals surface area (Å²) in [6.45, 7) is 24.1. The Labute approximate surface area is 433 Å². The molecule has 0 radical (unpaired) electrons. The average molecular weight is 1030 g/mol. The molecular formula is C57H93NO13Si. The third-order valence-electron chi connectivity index (χ3n) is 16.7. The lowest BCUT2D eigenvalue weighted by Gasteiger charge is -2.44. The number of hydrogen-bond donors (Lipinski definition) is 2. The summed E-state index contributed by atoms with van der Waals surface area (Å²) in [5.41, 5.74) is 1.29. The number of aliphatic hydroxyl groups is 2. The van der Waals surface area contributed by atoms with Crippen molar-refractivity contribution in [3.05, 3.63) is 47.6 Å². The number of nitrogens with zero attached hydrogens (tertiary/aromatic N) is 1. The smallest absolute Gasteiger partial charge is 0.329 e. The summed E-state index contributed by atoms with van der Waals surface area (Å²) in [6, 6.07) is -1.13. The van der Waals surface area contributed by atoms with Gasteiger partial charge in [0.15, 0.2) is 14.1 Å². The van der Waals surface area contributed by atoms with Gasteiger partial charge in [-0.15, -0.1) is 0 Å². The molecule has 0 aromatic rings. The number of methoxy groups -OCH3 is 3. The van der Waals surface area contributed by atoms with Gasteiger partial charge in [-0.3, -0.25) is 19.2 Å². The molecule has 2 unspecified atom stereocenters. The minimum absolute atomic E-state index is 0.0209. The summed E-state index contributed by atoms with van der Waals surface area (Å²) in [5, 5.41) is 23.6. The van der Waals surface area contributed by atoms with Crippen LogP contribution in [-0.2, 0) is 52.1 Å². The molecule has 0 aromatic heterocycles. The Kier molecular flexibility index (Phi) is 23.1. The highest BCUT2D eigenvalue weighted by molar-refractivity contribution is 6.74. The van der Waals surface area contributed by atoms with Gasteiger partial charge >= 0.3 is 5.97 Å². The number of carbonyl (C=O) groups excluding carboxylic acids is 5. The van der Waals surface area contributed by atoms with Gasteiger partial charge in [-0.2, -0.15) is 0 Å². The van der Waals surface area contributed by atoms with Gasteiger partial charge in [0, 0.05) is 58.5 Å². The lowest BCUT2D eigenvalue weighted by atomic mass is 9.78. The third kappa shape index (κ3) is 15.9. The largest absolute Gasteiger partial charge is 0.460 e. The van der Waals surface area contributed by atoms with Crippen LogP contribution in [0, 0.1) is 35.5 Å². The molecule has 72 heavy (non-hydrogen) atoms. The fraction of sp³-hybridized carbons (Fsp3) is 0.772. The van der Waals surface area contributed by atoms with Crippen molar-refractivity contribution in [2.75, 3.05) is 27.9 Å². The van der Waals surface area contributed by atoms with Gasteiger partial charge in [-0.05, 0) is 125 Å². The predicted octanol–water partition coefficient (Wildman–Crippen LogP) is 9.21. The number of esters is 1. The molecule has 15 heteroatoms. The number of ketones is 3. The normalized spacial score (nSPS) is 37.0. The Morgan fingerprint density at radius 1 is 0.847 bits per heavy atom. The second-order valence-electron chi connectivity index (χ2n) is 23.4. The molecule has 2 N–H and O–H groups in total. The van der Waals surface area contributed by atoms with Gasteiger partial charge in [0.25, 0.3) is 11.7 Å². The minimum Gasteiger partial charge on any atom is -0.460 e. The first-order valence-corrected chi connectivity index (χ1v) is 29.8. The topological polar surface area (TPSA) is 184 Å². The second-order valence-corrected chi connectivity index (χ2v) is 28.2. The third-order valence-corrected chi connectivity index (χ3v) is 21.2. The Hall–Kier alpha value is -3.15. The first kappa shape index (κ1) is 61.4. The van der Waals surface area contributed by atoms with Gasteiger partial charge in [0.1, 0.15) is 30.1 Å². The number of hydrogen-bond acceptors (Lipinski definition) is 13. The first-order chi connectivity index (χ1) is 33.7. The van der Waals surface area contributed by atoms with E-state index in [1.165, 1.54) is 12.0 Å². The van der Waals surface area contributed by atoms with Crippen molar-refractivity contribution < 1.29 is 62.3 Å². The maximum absolute atomic E-state index is 14.6. The summed E-state index contributed by atoms with van der Waals surface area (Å²) in [4.78, 5) is 72.7. The summed E-state index contributed by atoms with van der Waals surface area (Å²) in [6.07, 6.45) is 12.7. The summed E-state index contributed by atoms with van der Waals surface area (Å²) < 4.78 is 37.0. The molecule has 3 heterocycles. The van der Waals surface area contributed by atoms with Gasteiger partial charge in [-0.25, -0.2) is 4.79 Å². The van der Waals surface area contributed by atoms with E-state index in [-0.39, 0.29) is 66.0 Å². The lowest BCUT2D eigenvalue weighted by Crippen LogP contribution is -2.61. The van der Waals surface area contributed by atoms with E-state index in [4.69, 9.17) is 28.1 Å². The fourth-order valence-corrected chi connectivity index (χ4v) is 12.2. The summed E-state index contributed by atoms with van der Waals surface area (Å²) in [5.74, 6) is -7.77. The molecular weight excluding hydrogens is 935 g/mol. The predicted molar refractivity (Wildman–Crippen MR) is 281 cm³/mol. The highest BCUT2D eigenvalue weighted by Gasteiger charge is 2.53. The minimum atomic E-state index is -2.43. The monoisotopic (exact) mass is 1030 g/mol. The molecule has 2 bridgehead atoms. The van der Waals surface area contributed by atoms with Crippen LogP contribution >= 0.6 is 0 Å². The second kappa shape index (κ2) is 27.1. The number of cyclic esters (lactones) is 1. The summed E-state index contributed by atoms with van der Waals surface area (Å²) in [7, 11) is 2.61. The van der Waals surface area contributed by atoms with Crippen molar-refractivity contribution >= 4 is 37.5 Å². The maximum Gasteiger partial charge on any atom is 0.329 e. The van der Waals surface area contributed by atoms with Gasteiger partial charge in [0.05, 0.1) is 24.4 Å². The molecule has 408 valence electrons. The zero-order valence-corrected chi connectivity index (χ0v) is 47.6. The number of piperidine rings is 1. The molecule has 1 amide bonds. The number of rotatable bonds is 8. The number of carbonyl (C=O) groups is 5. The molecule has 3 fully saturated rings. The summed E-state index contributed by atoms with van der Waals surface area (Å²) >= 11 is 0. The van der Waals surface area contributed by atoms with Crippen LogP contribution in [0.4, 0.5) is 0 Å². The molecule has 14 nitrogen and oxygen atoms in total. The number of aliphatic hydroxyl groups excluding tert-OH is 1. The van der Waals surface area contributed by atoms with Crippen LogP contribution in [-0.4, -0.2) is 135 Å². The van der Waals surface area contributed by atoms with E-state index >= 15 is 0 Å².